The number of aromatic nitrogens is 1. The van der Waals surface area contributed by atoms with Crippen molar-refractivity contribution in [1.82, 2.24) is 14.8 Å². The summed E-state index contributed by atoms with van der Waals surface area (Å²) < 4.78 is 3.10. The van der Waals surface area contributed by atoms with Gasteiger partial charge >= 0.3 is 0 Å². The van der Waals surface area contributed by atoms with Gasteiger partial charge in [0.2, 0.25) is 5.91 Å². The second kappa shape index (κ2) is 8.48. The number of halogens is 1. The highest BCUT2D eigenvalue weighted by molar-refractivity contribution is 7.17. The van der Waals surface area contributed by atoms with Crippen LogP contribution in [0.2, 0.25) is 5.02 Å². The number of thiophene rings is 1. The van der Waals surface area contributed by atoms with Crippen LogP contribution in [-0.2, 0) is 17.9 Å². The highest BCUT2D eigenvalue weighted by Crippen LogP contribution is 2.36. The van der Waals surface area contributed by atoms with Crippen LogP contribution in [0.3, 0.4) is 0 Å². The van der Waals surface area contributed by atoms with Gasteiger partial charge in [-0.3, -0.25) is 9.59 Å². The van der Waals surface area contributed by atoms with Crippen molar-refractivity contribution in [2.45, 2.75) is 64.7 Å². The molecule has 5 nitrogen and oxygen atoms in total. The van der Waals surface area contributed by atoms with Crippen LogP contribution in [-0.4, -0.2) is 32.9 Å². The molecule has 174 valence electrons. The molecule has 3 heterocycles. The third-order valence-corrected chi connectivity index (χ3v) is 8.92. The quantitative estimate of drug-likeness (QED) is 0.516. The first-order chi connectivity index (χ1) is 15.8. The van der Waals surface area contributed by atoms with Crippen molar-refractivity contribution in [3.8, 4) is 0 Å². The Morgan fingerprint density at radius 3 is 2.73 bits per heavy atom. The molecule has 0 saturated heterocycles. The molecular weight excluding hydrogens is 454 g/mol. The number of fused-ring (bicyclic) bond motifs is 3. The molecule has 1 N–H and O–H groups in total. The van der Waals surface area contributed by atoms with Crippen molar-refractivity contribution in [3.05, 3.63) is 58.1 Å². The van der Waals surface area contributed by atoms with E-state index in [4.69, 9.17) is 11.6 Å². The Morgan fingerprint density at radius 1 is 1.21 bits per heavy atom. The average molecular weight is 484 g/mol. The molecule has 4 atom stereocenters. The smallest absolute Gasteiger partial charge is 0.271 e. The molecule has 5 rings (SSSR count). The molecule has 2 aromatic heterocycles. The molecular formula is C26H30ClN3O2S. The maximum Gasteiger partial charge on any atom is 0.271 e. The first kappa shape index (κ1) is 22.5. The van der Waals surface area contributed by atoms with Crippen LogP contribution in [0.25, 0.3) is 10.2 Å². The van der Waals surface area contributed by atoms with E-state index in [2.05, 4.69) is 19.2 Å². The maximum atomic E-state index is 13.9. The minimum absolute atomic E-state index is 0.0708. The predicted octanol–water partition coefficient (Wildman–Crippen LogP) is 5.71. The molecule has 1 aliphatic carbocycles. The van der Waals surface area contributed by atoms with Crippen molar-refractivity contribution in [2.24, 2.45) is 11.8 Å². The number of hydrogen-bond donors (Lipinski definition) is 1. The monoisotopic (exact) mass is 483 g/mol. The Bertz CT molecular complexity index is 1200. The molecule has 0 radical (unpaired) electrons. The fourth-order valence-corrected chi connectivity index (χ4v) is 6.35. The molecule has 2 aliphatic rings. The van der Waals surface area contributed by atoms with E-state index in [0.29, 0.717) is 35.6 Å². The Balaban J connectivity index is 1.52. The Hall–Kier alpha value is -2.31. The highest BCUT2D eigenvalue weighted by Gasteiger charge is 2.48. The van der Waals surface area contributed by atoms with Crippen LogP contribution < -0.4 is 5.32 Å². The number of benzene rings is 1. The molecule has 0 bridgehead atoms. The summed E-state index contributed by atoms with van der Waals surface area (Å²) in [5, 5.41) is 6.04. The minimum atomic E-state index is -1.00. The van der Waals surface area contributed by atoms with Crippen LogP contribution in [0.4, 0.5) is 0 Å². The Kier molecular flexibility index (Phi) is 5.78. The maximum absolute atomic E-state index is 13.9. The largest absolute Gasteiger partial charge is 0.351 e. The summed E-state index contributed by atoms with van der Waals surface area (Å²) in [6.45, 7) is 7.20. The summed E-state index contributed by atoms with van der Waals surface area (Å²) >= 11 is 7.70. The number of nitrogens with zero attached hydrogens (tertiary/aromatic N) is 2. The SMILES string of the molecule is C[C@H]1[C@H](C)CCC[C@@H]1NC(=O)[C@@]1(C)Cn2c(cc3sccc32)C(=O)N1Cc1ccc(Cl)cc1. The molecule has 7 heteroatoms. The number of carbonyl (C=O) groups excluding carboxylic acids is 2. The number of amides is 2. The molecule has 1 aliphatic heterocycles. The first-order valence-corrected chi connectivity index (χ1v) is 13.0. The van der Waals surface area contributed by atoms with Gasteiger partial charge in [-0.15, -0.1) is 11.3 Å². The van der Waals surface area contributed by atoms with Gasteiger partial charge in [0.05, 0.1) is 16.8 Å². The second-order valence-electron chi connectivity index (χ2n) is 9.92. The van der Waals surface area contributed by atoms with Crippen LogP contribution in [0.5, 0.6) is 0 Å². The minimum Gasteiger partial charge on any atom is -0.351 e. The number of carbonyl (C=O) groups is 2. The van der Waals surface area contributed by atoms with E-state index in [1.165, 1.54) is 6.42 Å². The zero-order valence-electron chi connectivity index (χ0n) is 19.3. The van der Waals surface area contributed by atoms with E-state index in [-0.39, 0.29) is 17.9 Å². The first-order valence-electron chi connectivity index (χ1n) is 11.7. The molecule has 0 unspecified atom stereocenters. The van der Waals surface area contributed by atoms with Crippen molar-refractivity contribution >= 4 is 45.0 Å². The standard InChI is InChI=1S/C26H30ClN3O2S/c1-16-5-4-6-20(17(16)2)28-25(32)26(3)15-29-21-11-12-33-23(21)13-22(29)24(31)30(26)14-18-7-9-19(27)10-8-18/h7-13,16-17,20H,4-6,14-15H2,1-3H3,(H,28,32)/t16-,17+,20+,26-/m1/s1. The summed E-state index contributed by atoms with van der Waals surface area (Å²) in [5.41, 5.74) is 1.62. The topological polar surface area (TPSA) is 54.3 Å². The Labute approximate surface area is 203 Å². The van der Waals surface area contributed by atoms with Crippen molar-refractivity contribution < 1.29 is 9.59 Å². The zero-order valence-corrected chi connectivity index (χ0v) is 20.9. The van der Waals surface area contributed by atoms with Gasteiger partial charge in [0.25, 0.3) is 5.91 Å². The van der Waals surface area contributed by atoms with Crippen molar-refractivity contribution in [2.75, 3.05) is 0 Å². The van der Waals surface area contributed by atoms with E-state index >= 15 is 0 Å². The van der Waals surface area contributed by atoms with E-state index in [9.17, 15) is 9.59 Å². The van der Waals surface area contributed by atoms with E-state index in [0.717, 1.165) is 28.6 Å². The molecule has 33 heavy (non-hydrogen) atoms. The average Bonchev–Trinajstić information content (AvgIpc) is 3.38. The lowest BCUT2D eigenvalue weighted by Crippen LogP contribution is -2.65. The number of nitrogens with one attached hydrogen (secondary N) is 1. The lowest BCUT2D eigenvalue weighted by Gasteiger charge is -2.45. The predicted molar refractivity (Wildman–Crippen MR) is 134 cm³/mol. The van der Waals surface area contributed by atoms with Gasteiger partial charge in [-0.2, -0.15) is 0 Å². The lowest BCUT2D eigenvalue weighted by molar-refractivity contribution is -0.134. The van der Waals surface area contributed by atoms with Crippen LogP contribution >= 0.6 is 22.9 Å². The van der Waals surface area contributed by atoms with E-state index < -0.39 is 5.54 Å². The summed E-state index contributed by atoms with van der Waals surface area (Å²) in [4.78, 5) is 29.4. The van der Waals surface area contributed by atoms with Crippen LogP contribution in [0.15, 0.2) is 41.8 Å². The van der Waals surface area contributed by atoms with Gasteiger partial charge < -0.3 is 14.8 Å². The second-order valence-corrected chi connectivity index (χ2v) is 11.3. The summed E-state index contributed by atoms with van der Waals surface area (Å²) in [7, 11) is 0. The molecule has 1 saturated carbocycles. The summed E-state index contributed by atoms with van der Waals surface area (Å²) in [6.07, 6.45) is 3.31. The van der Waals surface area contributed by atoms with Gasteiger partial charge in [-0.05, 0) is 60.4 Å². The molecule has 3 aromatic rings. The van der Waals surface area contributed by atoms with Gasteiger partial charge in [0.15, 0.2) is 0 Å². The van der Waals surface area contributed by atoms with Crippen LogP contribution in [0, 0.1) is 11.8 Å². The zero-order chi connectivity index (χ0) is 23.3. The van der Waals surface area contributed by atoms with Crippen molar-refractivity contribution in [1.29, 1.82) is 0 Å². The molecule has 1 fully saturated rings. The van der Waals surface area contributed by atoms with E-state index in [1.54, 1.807) is 16.2 Å². The van der Waals surface area contributed by atoms with E-state index in [1.807, 2.05) is 53.3 Å². The Morgan fingerprint density at radius 2 is 1.97 bits per heavy atom. The fraction of sp³-hybridized carbons (Fsp3) is 0.462. The third-order valence-electron chi connectivity index (χ3n) is 7.82. The third kappa shape index (κ3) is 3.87. The normalized spacial score (nSPS) is 27.6. The fourth-order valence-electron chi connectivity index (χ4n) is 5.40. The van der Waals surface area contributed by atoms with Crippen LogP contribution in [0.1, 0.15) is 56.1 Å². The van der Waals surface area contributed by atoms with Gasteiger partial charge in [-0.25, -0.2) is 0 Å². The number of rotatable bonds is 4. The highest BCUT2D eigenvalue weighted by atomic mass is 35.5. The van der Waals surface area contributed by atoms with Crippen molar-refractivity contribution in [3.63, 3.8) is 0 Å². The summed E-state index contributed by atoms with van der Waals surface area (Å²) in [6, 6.07) is 11.6. The molecule has 0 spiro atoms. The van der Waals surface area contributed by atoms with Gasteiger partial charge in [-0.1, -0.05) is 50.4 Å². The molecule has 1 aromatic carbocycles. The van der Waals surface area contributed by atoms with Gasteiger partial charge in [0, 0.05) is 17.6 Å². The van der Waals surface area contributed by atoms with Gasteiger partial charge in [0.1, 0.15) is 11.2 Å². The number of hydrogen-bond acceptors (Lipinski definition) is 3. The lowest BCUT2D eigenvalue weighted by atomic mass is 9.77. The molecule has 2 amide bonds. The summed E-state index contributed by atoms with van der Waals surface area (Å²) in [5.74, 6) is 0.818.